The molecule has 1 amide bonds. The molecule has 15 heavy (non-hydrogen) atoms. The van der Waals surface area contributed by atoms with Crippen molar-refractivity contribution >= 4 is 22.9 Å². The zero-order valence-corrected chi connectivity index (χ0v) is 8.91. The van der Waals surface area contributed by atoms with Crippen LogP contribution in [0, 0.1) is 6.92 Å². The molecule has 0 atom stereocenters. The third-order valence-corrected chi connectivity index (χ3v) is 2.81. The van der Waals surface area contributed by atoms with Gasteiger partial charge >= 0.3 is 0 Å². The van der Waals surface area contributed by atoms with Gasteiger partial charge in [-0.15, -0.1) is 10.2 Å². The van der Waals surface area contributed by atoms with Crippen molar-refractivity contribution in [2.75, 3.05) is 5.32 Å². The second kappa shape index (κ2) is 4.18. The molecule has 1 aromatic heterocycles. The van der Waals surface area contributed by atoms with Crippen LogP contribution in [0.1, 0.15) is 5.56 Å². The van der Waals surface area contributed by atoms with Crippen molar-refractivity contribution in [2.24, 2.45) is 0 Å². The zero-order chi connectivity index (χ0) is 10.7. The van der Waals surface area contributed by atoms with E-state index >= 15 is 0 Å². The van der Waals surface area contributed by atoms with Crippen LogP contribution >= 0.6 is 11.3 Å². The molecule has 1 N–H and O–H groups in total. The van der Waals surface area contributed by atoms with Crippen molar-refractivity contribution in [2.45, 2.75) is 6.92 Å². The summed E-state index contributed by atoms with van der Waals surface area (Å²) in [6, 6.07) is 8.01. The van der Waals surface area contributed by atoms with Crippen LogP contribution < -0.4 is 5.32 Å². The molecular formula is C10H9N3OS. The number of benzene rings is 1. The van der Waals surface area contributed by atoms with Gasteiger partial charge in [-0.05, 0) is 6.92 Å². The van der Waals surface area contributed by atoms with Crippen molar-refractivity contribution in [1.82, 2.24) is 10.2 Å². The van der Waals surface area contributed by atoms with Crippen LogP contribution in [0.5, 0.6) is 0 Å². The van der Waals surface area contributed by atoms with E-state index in [9.17, 15) is 4.79 Å². The summed E-state index contributed by atoms with van der Waals surface area (Å²) < 4.78 is 0. The lowest BCUT2D eigenvalue weighted by Crippen LogP contribution is -1.91. The van der Waals surface area contributed by atoms with Gasteiger partial charge in [0.2, 0.25) is 11.5 Å². The minimum absolute atomic E-state index is 0.514. The standard InChI is InChI=1S/C10H9N3OS/c1-7-2-4-8(5-3-7)9-12-13-10(15-9)11-6-14/h2-6H,1H3,(H,11,13,14). The van der Waals surface area contributed by atoms with E-state index in [4.69, 9.17) is 0 Å². The van der Waals surface area contributed by atoms with Gasteiger partial charge in [-0.1, -0.05) is 41.2 Å². The summed E-state index contributed by atoms with van der Waals surface area (Å²) in [5.74, 6) is 0. The normalized spacial score (nSPS) is 9.93. The Morgan fingerprint density at radius 1 is 1.27 bits per heavy atom. The fourth-order valence-corrected chi connectivity index (χ4v) is 1.85. The molecule has 2 rings (SSSR count). The molecule has 0 aliphatic heterocycles. The van der Waals surface area contributed by atoms with Crippen LogP contribution in [-0.2, 0) is 4.79 Å². The predicted molar refractivity (Wildman–Crippen MR) is 59.8 cm³/mol. The van der Waals surface area contributed by atoms with E-state index < -0.39 is 0 Å². The lowest BCUT2D eigenvalue weighted by Gasteiger charge is -1.94. The largest absolute Gasteiger partial charge is 0.303 e. The highest BCUT2D eigenvalue weighted by atomic mass is 32.1. The van der Waals surface area contributed by atoms with E-state index in [0.717, 1.165) is 10.6 Å². The third-order valence-electron chi connectivity index (χ3n) is 1.91. The molecule has 0 fully saturated rings. The predicted octanol–water partition coefficient (Wildman–Crippen LogP) is 2.08. The van der Waals surface area contributed by atoms with Crippen molar-refractivity contribution in [3.05, 3.63) is 29.8 Å². The first kappa shape index (κ1) is 9.79. The van der Waals surface area contributed by atoms with Crippen molar-refractivity contribution in [3.63, 3.8) is 0 Å². The number of aromatic nitrogens is 2. The summed E-state index contributed by atoms with van der Waals surface area (Å²) in [5.41, 5.74) is 2.21. The van der Waals surface area contributed by atoms with Gasteiger partial charge in [-0.2, -0.15) is 0 Å². The summed E-state index contributed by atoms with van der Waals surface area (Å²) in [4.78, 5) is 10.2. The molecule has 0 saturated heterocycles. The van der Waals surface area contributed by atoms with Gasteiger partial charge in [-0.3, -0.25) is 4.79 Å². The first-order valence-corrected chi connectivity index (χ1v) is 5.22. The molecule has 1 aromatic carbocycles. The fourth-order valence-electron chi connectivity index (χ4n) is 1.14. The van der Waals surface area contributed by atoms with E-state index in [0.29, 0.717) is 11.5 Å². The number of nitrogens with one attached hydrogen (secondary N) is 1. The Labute approximate surface area is 91.0 Å². The molecule has 0 bridgehead atoms. The molecule has 0 unspecified atom stereocenters. The van der Waals surface area contributed by atoms with E-state index in [1.54, 1.807) is 0 Å². The van der Waals surface area contributed by atoms with Crippen molar-refractivity contribution < 1.29 is 4.79 Å². The first-order valence-electron chi connectivity index (χ1n) is 4.40. The molecule has 0 aliphatic rings. The number of nitrogens with zero attached hydrogens (tertiary/aromatic N) is 2. The van der Waals surface area contributed by atoms with Crippen LogP contribution in [0.2, 0.25) is 0 Å². The van der Waals surface area contributed by atoms with Crippen LogP contribution in [0.25, 0.3) is 10.6 Å². The lowest BCUT2D eigenvalue weighted by atomic mass is 10.2. The SMILES string of the molecule is Cc1ccc(-c2nnc(NC=O)s2)cc1. The Hall–Kier alpha value is -1.75. The average Bonchev–Trinajstić information content (AvgIpc) is 2.68. The summed E-state index contributed by atoms with van der Waals surface area (Å²) in [6.07, 6.45) is 0.597. The molecule has 2 aromatic rings. The summed E-state index contributed by atoms with van der Waals surface area (Å²) >= 11 is 1.35. The van der Waals surface area contributed by atoms with Gasteiger partial charge < -0.3 is 5.32 Å². The molecule has 5 heteroatoms. The molecule has 0 radical (unpaired) electrons. The Morgan fingerprint density at radius 2 is 2.00 bits per heavy atom. The number of rotatable bonds is 3. The van der Waals surface area contributed by atoms with Gasteiger partial charge in [0.1, 0.15) is 5.01 Å². The molecular weight excluding hydrogens is 210 g/mol. The number of hydrogen-bond acceptors (Lipinski definition) is 4. The van der Waals surface area contributed by atoms with E-state index in [1.807, 2.05) is 31.2 Å². The Morgan fingerprint density at radius 3 is 2.67 bits per heavy atom. The molecule has 0 aliphatic carbocycles. The smallest absolute Gasteiger partial charge is 0.213 e. The average molecular weight is 219 g/mol. The van der Waals surface area contributed by atoms with Crippen LogP contribution in [-0.4, -0.2) is 16.6 Å². The van der Waals surface area contributed by atoms with Gasteiger partial charge in [0, 0.05) is 5.56 Å². The highest BCUT2D eigenvalue weighted by molar-refractivity contribution is 7.18. The van der Waals surface area contributed by atoms with E-state index in [-0.39, 0.29) is 0 Å². The topological polar surface area (TPSA) is 54.9 Å². The number of carbonyl (C=O) groups is 1. The minimum atomic E-state index is 0.514. The quantitative estimate of drug-likeness (QED) is 0.804. The monoisotopic (exact) mass is 219 g/mol. The third kappa shape index (κ3) is 2.19. The maximum Gasteiger partial charge on any atom is 0.213 e. The fraction of sp³-hybridized carbons (Fsp3) is 0.100. The maximum absolute atomic E-state index is 10.2. The molecule has 0 spiro atoms. The van der Waals surface area contributed by atoms with Crippen LogP contribution in [0.15, 0.2) is 24.3 Å². The van der Waals surface area contributed by atoms with Crippen LogP contribution in [0.4, 0.5) is 5.13 Å². The first-order chi connectivity index (χ1) is 7.29. The maximum atomic E-state index is 10.2. The van der Waals surface area contributed by atoms with Gasteiger partial charge in [-0.25, -0.2) is 0 Å². The molecule has 0 saturated carbocycles. The Kier molecular flexibility index (Phi) is 2.73. The highest BCUT2D eigenvalue weighted by Gasteiger charge is 2.05. The van der Waals surface area contributed by atoms with Crippen molar-refractivity contribution in [3.8, 4) is 10.6 Å². The number of carbonyl (C=O) groups excluding carboxylic acids is 1. The second-order valence-corrected chi connectivity index (χ2v) is 4.02. The summed E-state index contributed by atoms with van der Waals surface area (Å²) in [5, 5.41) is 11.6. The molecule has 76 valence electrons. The number of amides is 1. The van der Waals surface area contributed by atoms with E-state index in [1.165, 1.54) is 16.9 Å². The molecule has 4 nitrogen and oxygen atoms in total. The second-order valence-electron chi connectivity index (χ2n) is 3.04. The number of aryl methyl sites for hydroxylation is 1. The highest BCUT2D eigenvalue weighted by Crippen LogP contribution is 2.25. The van der Waals surface area contributed by atoms with E-state index in [2.05, 4.69) is 15.5 Å². The zero-order valence-electron chi connectivity index (χ0n) is 8.10. The Balaban J connectivity index is 2.28. The minimum Gasteiger partial charge on any atom is -0.303 e. The van der Waals surface area contributed by atoms with Gasteiger partial charge in [0.25, 0.3) is 0 Å². The lowest BCUT2D eigenvalue weighted by molar-refractivity contribution is -0.105. The summed E-state index contributed by atoms with van der Waals surface area (Å²) in [7, 11) is 0. The molecule has 1 heterocycles. The number of anilines is 1. The number of hydrogen-bond donors (Lipinski definition) is 1. The van der Waals surface area contributed by atoms with Gasteiger partial charge in [0.05, 0.1) is 0 Å². The Bertz CT molecular complexity index is 464. The summed E-state index contributed by atoms with van der Waals surface area (Å²) in [6.45, 7) is 2.03. The van der Waals surface area contributed by atoms with Gasteiger partial charge in [0.15, 0.2) is 0 Å². The van der Waals surface area contributed by atoms with Crippen molar-refractivity contribution in [1.29, 1.82) is 0 Å². The van der Waals surface area contributed by atoms with Crippen LogP contribution in [0.3, 0.4) is 0 Å².